The Hall–Kier alpha value is -18.5. The first-order valence-electron chi connectivity index (χ1n) is 51.1. The lowest BCUT2D eigenvalue weighted by atomic mass is 9.67. The molecular weight excluding hydrogens is 1760 g/mol. The predicted molar refractivity (Wildman–Crippen MR) is 615 cm³/mol. The lowest BCUT2D eigenvalue weighted by Gasteiger charge is -2.34. The predicted octanol–water partition coefficient (Wildman–Crippen LogP) is 37.3. The van der Waals surface area contributed by atoms with Crippen molar-refractivity contribution < 1.29 is 0 Å². The lowest BCUT2D eigenvalue weighted by molar-refractivity contribution is 0.660. The van der Waals surface area contributed by atoms with E-state index in [-0.39, 0.29) is 10.8 Å². The van der Waals surface area contributed by atoms with E-state index in [0.717, 1.165) is 11.4 Å². The summed E-state index contributed by atoms with van der Waals surface area (Å²) in [5, 5.41) is 23.3. The zero-order valence-electron chi connectivity index (χ0n) is 80.6. The summed E-state index contributed by atoms with van der Waals surface area (Å²) in [6.07, 6.45) is 0. The Labute approximate surface area is 846 Å². The van der Waals surface area contributed by atoms with Gasteiger partial charge in [0.05, 0.1) is 43.9 Å². The fraction of sp³-hybridized carbons (Fsp3) is 0.0350. The zero-order chi connectivity index (χ0) is 96.2. The van der Waals surface area contributed by atoms with Gasteiger partial charge < -0.3 is 13.7 Å². The van der Waals surface area contributed by atoms with Crippen molar-refractivity contribution in [3.63, 3.8) is 0 Å². The third kappa shape index (κ3) is 12.1. The highest BCUT2D eigenvalue weighted by Gasteiger charge is 2.52. The van der Waals surface area contributed by atoms with Gasteiger partial charge in [-0.3, -0.25) is 0 Å². The molecule has 146 heavy (non-hydrogen) atoms. The van der Waals surface area contributed by atoms with Crippen molar-refractivity contribution in [2.45, 2.75) is 30.1 Å². The van der Waals surface area contributed by atoms with E-state index in [1.54, 1.807) is 0 Å². The van der Waals surface area contributed by atoms with E-state index >= 15 is 0 Å². The zero-order valence-corrected chi connectivity index (χ0v) is 80.6. The molecule has 0 bridgehead atoms. The molecule has 0 fully saturated rings. The molecule has 4 aliphatic carbocycles. The molecule has 0 amide bonds. The molecule has 0 unspecified atom stereocenters. The molecule has 0 N–H and O–H groups in total. The van der Waals surface area contributed by atoms with Crippen LogP contribution in [0.15, 0.2) is 528 Å². The molecule has 0 saturated carbocycles. The van der Waals surface area contributed by atoms with E-state index < -0.39 is 5.41 Å². The van der Waals surface area contributed by atoms with Crippen LogP contribution in [-0.2, 0) is 16.2 Å². The number of hydrogen-bond acceptors (Lipinski definition) is 0. The second-order valence-corrected chi connectivity index (χ2v) is 40.6. The normalized spacial score (nSPS) is 13.4. The highest BCUT2D eigenvalue weighted by Crippen LogP contribution is 2.64. The fourth-order valence-electron chi connectivity index (χ4n) is 26.7. The lowest BCUT2D eigenvalue weighted by Crippen LogP contribution is -2.28. The van der Waals surface area contributed by atoms with Crippen molar-refractivity contribution in [1.82, 2.24) is 13.7 Å². The van der Waals surface area contributed by atoms with E-state index in [1.807, 2.05) is 0 Å². The number of hydrogen-bond donors (Lipinski definition) is 0. The quantitative estimate of drug-likeness (QED) is 0.144. The van der Waals surface area contributed by atoms with Crippen LogP contribution in [0.5, 0.6) is 0 Å². The molecule has 28 aromatic rings. The van der Waals surface area contributed by atoms with Crippen LogP contribution in [0.25, 0.3) is 225 Å². The monoisotopic (exact) mass is 1850 g/mol. The maximum absolute atomic E-state index is 2.47. The Morgan fingerprint density at radius 3 is 0.637 bits per heavy atom. The molecule has 3 nitrogen and oxygen atoms in total. The Kier molecular flexibility index (Phi) is 18.4. The molecular formula is C143H93N3. The molecule has 0 saturated heterocycles. The van der Waals surface area contributed by atoms with Crippen molar-refractivity contribution in [2.75, 3.05) is 0 Å². The van der Waals surface area contributed by atoms with Crippen LogP contribution in [0.4, 0.5) is 0 Å². The Morgan fingerprint density at radius 1 is 0.144 bits per heavy atom. The SMILES string of the molecule is CC1(C)c2ccccc2-c2ccc(-c3ccc(-n4c5ccc6ccccc6c5c5c6ccccc6ccc54)cc3)cc21.c1ccc(C2(c3ccccc3)c3ccccc3-c3ccc(-c4ccc(-n5c6ccc7ccccc7c6c6c7ccccc7ccc65)cc4)cc32)cc1.c1ccc2c(c1)-c1ccccc1C21c2ccccc2-c2ccc(-c3ccc(-n4c5ccc6ccccc6c5c5c6ccccc6ccc54)cc3)cc21. The van der Waals surface area contributed by atoms with E-state index in [0.29, 0.717) is 0 Å². The number of fused-ring (bicyclic) bond motifs is 37. The molecule has 25 aromatic carbocycles. The fourth-order valence-corrected chi connectivity index (χ4v) is 26.7. The molecule has 3 heteroatoms. The van der Waals surface area contributed by atoms with E-state index in [2.05, 4.69) is 555 Å². The third-order valence-electron chi connectivity index (χ3n) is 33.1. The summed E-state index contributed by atoms with van der Waals surface area (Å²) in [7, 11) is 0. The largest absolute Gasteiger partial charge is 0.309 e. The summed E-state index contributed by atoms with van der Waals surface area (Å²) in [4.78, 5) is 0. The van der Waals surface area contributed by atoms with Crippen LogP contribution in [0.1, 0.15) is 69.5 Å². The number of nitrogens with zero attached hydrogens (tertiary/aromatic N) is 3. The molecule has 0 atom stereocenters. The summed E-state index contributed by atoms with van der Waals surface area (Å²) in [6, 6.07) is 196. The van der Waals surface area contributed by atoms with Crippen LogP contribution in [-0.4, -0.2) is 13.7 Å². The van der Waals surface area contributed by atoms with Gasteiger partial charge in [-0.05, 0) is 289 Å². The summed E-state index contributed by atoms with van der Waals surface area (Å²) in [6.45, 7) is 4.69. The summed E-state index contributed by atoms with van der Waals surface area (Å²) in [5.41, 5.74) is 41.7. The minimum Gasteiger partial charge on any atom is -0.309 e. The molecule has 680 valence electrons. The maximum Gasteiger partial charge on any atom is 0.0725 e. The standard InChI is InChI=1S/C51H31N.C51H33N.C41H29N/c1-3-13-37-33(11-1)24-29-47-49(37)50-38-14-4-2-12-34(38)25-30-48(50)52(47)36-26-21-32(22-27-36)35-23-28-42-41-17-7-10-20-45(41)51(46(42)31-35)43-18-8-5-15-39(43)40-16-6-9-19-44(40)51;1-3-15-38(16-4-1)51(39-17-5-2-6-18-39)45-22-12-11-21-43(45)44-30-25-37(33-46(44)51)34-23-28-40(29-24-34)52-47-31-26-35-13-7-9-19-41(35)49(47)50-42-20-10-8-14-36(42)27-32-48(50)52;1-41(2)35-14-8-7-13-33(35)34-22-17-29(25-36(34)41)26-15-20-30(21-16-26)42-37-23-18-27-9-3-5-11-31(27)39(37)40-32-12-6-4-10-28(32)19-24-38(40)42/h1-31H;1-33H;3-25H,1-2H3. The van der Waals surface area contributed by atoms with Crippen molar-refractivity contribution in [3.8, 4) is 95.0 Å². The Morgan fingerprint density at radius 2 is 0.349 bits per heavy atom. The van der Waals surface area contributed by atoms with Gasteiger partial charge >= 0.3 is 0 Å². The van der Waals surface area contributed by atoms with Gasteiger partial charge in [0.1, 0.15) is 0 Å². The van der Waals surface area contributed by atoms with Gasteiger partial charge in [0, 0.05) is 54.8 Å². The first-order valence-corrected chi connectivity index (χ1v) is 51.1. The van der Waals surface area contributed by atoms with E-state index in [4.69, 9.17) is 0 Å². The summed E-state index contributed by atoms with van der Waals surface area (Å²) in [5.74, 6) is 0. The molecule has 1 spiro atoms. The number of benzene rings is 25. The van der Waals surface area contributed by atoms with Crippen LogP contribution < -0.4 is 0 Å². The van der Waals surface area contributed by atoms with Gasteiger partial charge in [-0.1, -0.05) is 451 Å². The second kappa shape index (κ2) is 32.2. The van der Waals surface area contributed by atoms with Crippen molar-refractivity contribution in [1.29, 1.82) is 0 Å². The molecule has 0 radical (unpaired) electrons. The molecule has 0 aliphatic heterocycles. The smallest absolute Gasteiger partial charge is 0.0725 e. The average Bonchev–Trinajstić information content (AvgIpc) is 1.50. The van der Waals surface area contributed by atoms with E-state index in [9.17, 15) is 0 Å². The van der Waals surface area contributed by atoms with Crippen molar-refractivity contribution in [3.05, 3.63) is 583 Å². The first kappa shape index (κ1) is 83.3. The number of rotatable bonds is 8. The van der Waals surface area contributed by atoms with Crippen LogP contribution in [0.3, 0.4) is 0 Å². The van der Waals surface area contributed by atoms with Crippen LogP contribution in [0, 0.1) is 0 Å². The average molecular weight is 1850 g/mol. The Balaban J connectivity index is 0.000000102. The molecule has 3 heterocycles. The second-order valence-electron chi connectivity index (χ2n) is 40.6. The number of aromatic nitrogens is 3. The van der Waals surface area contributed by atoms with E-state index in [1.165, 1.54) is 269 Å². The van der Waals surface area contributed by atoms with Crippen molar-refractivity contribution >= 4 is 130 Å². The van der Waals surface area contributed by atoms with Gasteiger partial charge in [0.15, 0.2) is 0 Å². The summed E-state index contributed by atoms with van der Waals surface area (Å²) < 4.78 is 7.34. The third-order valence-corrected chi connectivity index (χ3v) is 33.1. The van der Waals surface area contributed by atoms with Gasteiger partial charge in [-0.15, -0.1) is 0 Å². The molecule has 4 aliphatic rings. The van der Waals surface area contributed by atoms with Gasteiger partial charge in [-0.25, -0.2) is 0 Å². The molecule has 32 rings (SSSR count). The van der Waals surface area contributed by atoms with Crippen LogP contribution >= 0.6 is 0 Å². The van der Waals surface area contributed by atoms with Crippen LogP contribution in [0.2, 0.25) is 0 Å². The minimum atomic E-state index is -0.418. The maximum atomic E-state index is 2.47. The summed E-state index contributed by atoms with van der Waals surface area (Å²) >= 11 is 0. The van der Waals surface area contributed by atoms with Gasteiger partial charge in [0.2, 0.25) is 0 Å². The minimum absolute atomic E-state index is 0.00357. The highest BCUT2D eigenvalue weighted by molar-refractivity contribution is 6.32. The molecule has 3 aromatic heterocycles. The first-order chi connectivity index (χ1) is 72.2. The topological polar surface area (TPSA) is 14.8 Å². The van der Waals surface area contributed by atoms with Crippen molar-refractivity contribution in [2.24, 2.45) is 0 Å². The van der Waals surface area contributed by atoms with Gasteiger partial charge in [-0.2, -0.15) is 0 Å². The highest BCUT2D eigenvalue weighted by atomic mass is 15.0. The Bertz CT molecular complexity index is 9620. The van der Waals surface area contributed by atoms with Gasteiger partial charge in [0.25, 0.3) is 0 Å².